The summed E-state index contributed by atoms with van der Waals surface area (Å²) in [5, 5.41) is 4.89. The molecule has 1 aromatic carbocycles. The van der Waals surface area contributed by atoms with Crippen LogP contribution >= 0.6 is 0 Å². The molecule has 0 saturated carbocycles. The molecule has 0 aliphatic carbocycles. The van der Waals surface area contributed by atoms with Gasteiger partial charge in [0.15, 0.2) is 0 Å². The molecule has 6 nitrogen and oxygen atoms in total. The average Bonchev–Trinajstić information content (AvgIpc) is 3.04. The lowest BCUT2D eigenvalue weighted by Crippen LogP contribution is -2.25. The summed E-state index contributed by atoms with van der Waals surface area (Å²) in [4.78, 5) is 21.2. The summed E-state index contributed by atoms with van der Waals surface area (Å²) in [6.45, 7) is 4.71. The Labute approximate surface area is 137 Å². The van der Waals surface area contributed by atoms with E-state index >= 15 is 0 Å². The highest BCUT2D eigenvalue weighted by molar-refractivity contribution is 5.77. The summed E-state index contributed by atoms with van der Waals surface area (Å²) in [5.41, 5.74) is 0.894. The van der Waals surface area contributed by atoms with E-state index in [-0.39, 0.29) is 11.7 Å². The van der Waals surface area contributed by atoms with E-state index in [0.717, 1.165) is 5.56 Å². The van der Waals surface area contributed by atoms with Crippen molar-refractivity contribution in [2.24, 2.45) is 0 Å². The van der Waals surface area contributed by atoms with Crippen molar-refractivity contribution in [1.29, 1.82) is 0 Å². The molecule has 24 heavy (non-hydrogen) atoms. The van der Waals surface area contributed by atoms with Crippen molar-refractivity contribution in [3.8, 4) is 11.4 Å². The second-order valence-corrected chi connectivity index (χ2v) is 6.47. The van der Waals surface area contributed by atoms with E-state index in [9.17, 15) is 13.6 Å². The Hall–Kier alpha value is -2.35. The lowest BCUT2D eigenvalue weighted by Gasteiger charge is -2.19. The Morgan fingerprint density at radius 1 is 1.29 bits per heavy atom. The first-order valence-corrected chi connectivity index (χ1v) is 7.45. The molecule has 8 heteroatoms. The minimum Gasteiger partial charge on any atom is -0.332 e. The molecule has 0 radical (unpaired) electrons. The summed E-state index contributed by atoms with van der Waals surface area (Å²) in [7, 11) is 0. The van der Waals surface area contributed by atoms with Crippen molar-refractivity contribution < 1.29 is 22.9 Å². The zero-order valence-corrected chi connectivity index (χ0v) is 13.5. The molecular formula is C16H17F2N3O3. The van der Waals surface area contributed by atoms with Gasteiger partial charge in [0.2, 0.25) is 11.7 Å². The van der Waals surface area contributed by atoms with Gasteiger partial charge in [0.1, 0.15) is 0 Å². The standard InChI is InChI=1S/C16H17F2N3O3/c1-15(2)8-12(22)21(24-15)9-10-4-6-11(7-5-10)13-19-14(23-20-13)16(3,17)18/h4-7H,8-9H2,1-3H3. The van der Waals surface area contributed by atoms with Crippen LogP contribution in [0.5, 0.6) is 0 Å². The number of alkyl halides is 2. The predicted octanol–water partition coefficient (Wildman–Crippen LogP) is 3.29. The molecule has 3 rings (SSSR count). The summed E-state index contributed by atoms with van der Waals surface area (Å²) < 4.78 is 30.8. The van der Waals surface area contributed by atoms with Gasteiger partial charge >= 0.3 is 5.92 Å². The molecule has 2 heterocycles. The minimum absolute atomic E-state index is 0.0722. The van der Waals surface area contributed by atoms with Crippen molar-refractivity contribution in [2.45, 2.75) is 45.3 Å². The monoisotopic (exact) mass is 337 g/mol. The second-order valence-electron chi connectivity index (χ2n) is 6.47. The lowest BCUT2D eigenvalue weighted by atomic mass is 10.1. The van der Waals surface area contributed by atoms with Gasteiger partial charge < -0.3 is 4.52 Å². The maximum absolute atomic E-state index is 13.1. The van der Waals surface area contributed by atoms with Gasteiger partial charge in [0.05, 0.1) is 18.6 Å². The van der Waals surface area contributed by atoms with Gasteiger partial charge in [-0.25, -0.2) is 5.06 Å². The fraction of sp³-hybridized carbons (Fsp3) is 0.438. The zero-order valence-electron chi connectivity index (χ0n) is 13.5. The lowest BCUT2D eigenvalue weighted by molar-refractivity contribution is -0.195. The molecule has 0 atom stereocenters. The molecule has 128 valence electrons. The van der Waals surface area contributed by atoms with Crippen molar-refractivity contribution >= 4 is 5.91 Å². The summed E-state index contributed by atoms with van der Waals surface area (Å²) >= 11 is 0. The molecule has 0 unspecified atom stereocenters. The molecule has 2 aromatic rings. The Morgan fingerprint density at radius 3 is 2.46 bits per heavy atom. The normalized spacial score (nSPS) is 17.5. The molecule has 1 fully saturated rings. The first-order valence-electron chi connectivity index (χ1n) is 7.45. The van der Waals surface area contributed by atoms with E-state index in [1.807, 2.05) is 13.8 Å². The van der Waals surface area contributed by atoms with E-state index in [1.54, 1.807) is 24.3 Å². The maximum Gasteiger partial charge on any atom is 0.322 e. The Bertz CT molecular complexity index is 751. The molecular weight excluding hydrogens is 320 g/mol. The van der Waals surface area contributed by atoms with Crippen molar-refractivity contribution in [3.05, 3.63) is 35.7 Å². The molecule has 0 spiro atoms. The number of hydrogen-bond acceptors (Lipinski definition) is 5. The number of halogens is 2. The van der Waals surface area contributed by atoms with Gasteiger partial charge in [-0.2, -0.15) is 13.8 Å². The van der Waals surface area contributed by atoms with E-state index in [4.69, 9.17) is 4.84 Å². The predicted molar refractivity (Wildman–Crippen MR) is 79.6 cm³/mol. The second kappa shape index (κ2) is 5.62. The van der Waals surface area contributed by atoms with Gasteiger partial charge in [-0.15, -0.1) is 0 Å². The summed E-state index contributed by atoms with van der Waals surface area (Å²) in [6.07, 6.45) is 0.335. The topological polar surface area (TPSA) is 68.5 Å². The number of carbonyl (C=O) groups is 1. The van der Waals surface area contributed by atoms with Crippen molar-refractivity contribution in [1.82, 2.24) is 15.2 Å². The number of rotatable bonds is 4. The quantitative estimate of drug-likeness (QED) is 0.856. The van der Waals surface area contributed by atoms with Gasteiger partial charge in [-0.1, -0.05) is 29.4 Å². The highest BCUT2D eigenvalue weighted by atomic mass is 19.3. The van der Waals surface area contributed by atoms with E-state index < -0.39 is 17.4 Å². The molecule has 1 amide bonds. The molecule has 1 saturated heterocycles. The van der Waals surface area contributed by atoms with Crippen LogP contribution < -0.4 is 0 Å². The zero-order chi connectivity index (χ0) is 17.5. The Balaban J connectivity index is 1.72. The van der Waals surface area contributed by atoms with E-state index in [0.29, 0.717) is 25.5 Å². The number of hydrogen-bond donors (Lipinski definition) is 0. The maximum atomic E-state index is 13.1. The third-order valence-electron chi connectivity index (χ3n) is 3.55. The van der Waals surface area contributed by atoms with Crippen LogP contribution in [0.3, 0.4) is 0 Å². The SMILES string of the molecule is CC1(C)CC(=O)N(Cc2ccc(-c3noc(C(C)(F)F)n3)cc2)O1. The van der Waals surface area contributed by atoms with Crippen LogP contribution in [0.2, 0.25) is 0 Å². The van der Waals surface area contributed by atoms with Crippen molar-refractivity contribution in [2.75, 3.05) is 0 Å². The number of carbonyl (C=O) groups excluding carboxylic acids is 1. The number of amides is 1. The first kappa shape index (κ1) is 16.5. The molecule has 1 aromatic heterocycles. The highest BCUT2D eigenvalue weighted by Gasteiger charge is 2.37. The van der Waals surface area contributed by atoms with Crippen LogP contribution in [-0.4, -0.2) is 26.7 Å². The Morgan fingerprint density at radius 2 is 1.96 bits per heavy atom. The van der Waals surface area contributed by atoms with Crippen LogP contribution in [0, 0.1) is 0 Å². The molecule has 0 N–H and O–H groups in total. The average molecular weight is 337 g/mol. The smallest absolute Gasteiger partial charge is 0.322 e. The summed E-state index contributed by atoms with van der Waals surface area (Å²) in [6, 6.07) is 6.89. The van der Waals surface area contributed by atoms with Crippen LogP contribution in [0.15, 0.2) is 28.8 Å². The third-order valence-corrected chi connectivity index (χ3v) is 3.55. The van der Waals surface area contributed by atoms with Crippen molar-refractivity contribution in [3.63, 3.8) is 0 Å². The summed E-state index contributed by atoms with van der Waals surface area (Å²) in [5.74, 6) is -3.88. The third kappa shape index (κ3) is 3.43. The van der Waals surface area contributed by atoms with Crippen LogP contribution in [0.1, 0.15) is 38.6 Å². The molecule has 0 bridgehead atoms. The number of nitrogens with zero attached hydrogens (tertiary/aromatic N) is 3. The van der Waals surface area contributed by atoms with Crippen LogP contribution in [-0.2, 0) is 22.1 Å². The van der Waals surface area contributed by atoms with E-state index in [1.165, 1.54) is 5.06 Å². The number of hydroxylamine groups is 2. The van der Waals surface area contributed by atoms with Gasteiger partial charge in [0.25, 0.3) is 5.89 Å². The number of aromatic nitrogens is 2. The van der Waals surface area contributed by atoms with Crippen LogP contribution in [0.4, 0.5) is 8.78 Å². The fourth-order valence-electron chi connectivity index (χ4n) is 2.40. The molecule has 1 aliphatic rings. The molecule has 1 aliphatic heterocycles. The van der Waals surface area contributed by atoms with Crippen LogP contribution in [0.25, 0.3) is 11.4 Å². The Kier molecular flexibility index (Phi) is 3.87. The van der Waals surface area contributed by atoms with Gasteiger partial charge in [-0.3, -0.25) is 9.63 Å². The van der Waals surface area contributed by atoms with Gasteiger partial charge in [0, 0.05) is 12.5 Å². The van der Waals surface area contributed by atoms with E-state index in [2.05, 4.69) is 14.7 Å². The number of benzene rings is 1. The highest BCUT2D eigenvalue weighted by Crippen LogP contribution is 2.29. The minimum atomic E-state index is -3.18. The first-order chi connectivity index (χ1) is 11.1. The van der Waals surface area contributed by atoms with Gasteiger partial charge in [-0.05, 0) is 19.4 Å². The fourth-order valence-corrected chi connectivity index (χ4v) is 2.40. The largest absolute Gasteiger partial charge is 0.332 e.